The Bertz CT molecular complexity index is 356. The molecule has 1 atom stereocenters. The number of nitrogens with zero attached hydrogens (tertiary/aromatic N) is 2. The molecular formula is C9H10N2O4. The second kappa shape index (κ2) is 4.46. The summed E-state index contributed by atoms with van der Waals surface area (Å²) in [7, 11) is 2.41. The largest absolute Gasteiger partial charge is 0.466 e. The van der Waals surface area contributed by atoms with Gasteiger partial charge in [-0.25, -0.2) is 9.59 Å². The fraction of sp³-hybridized carbons (Fsp3) is 0.444. The quantitative estimate of drug-likeness (QED) is 0.352. The van der Waals surface area contributed by atoms with Crippen LogP contribution >= 0.6 is 0 Å². The van der Waals surface area contributed by atoms with Crippen LogP contribution in [0.2, 0.25) is 0 Å². The molecule has 0 radical (unpaired) electrons. The highest BCUT2D eigenvalue weighted by Gasteiger charge is 2.39. The van der Waals surface area contributed by atoms with Gasteiger partial charge in [0.1, 0.15) is 11.7 Å². The van der Waals surface area contributed by atoms with Gasteiger partial charge in [-0.2, -0.15) is 5.26 Å². The lowest BCUT2D eigenvalue weighted by Crippen LogP contribution is -2.16. The van der Waals surface area contributed by atoms with Crippen LogP contribution in [-0.4, -0.2) is 43.6 Å². The summed E-state index contributed by atoms with van der Waals surface area (Å²) in [6.45, 7) is 0.425. The van der Waals surface area contributed by atoms with Crippen LogP contribution < -0.4 is 0 Å². The number of hydrogen-bond donors (Lipinski definition) is 0. The Hall–Kier alpha value is -2.03. The van der Waals surface area contributed by atoms with Gasteiger partial charge < -0.3 is 14.4 Å². The van der Waals surface area contributed by atoms with Crippen molar-refractivity contribution in [2.24, 2.45) is 0 Å². The molecule has 1 heterocycles. The molecule has 0 aliphatic carbocycles. The van der Waals surface area contributed by atoms with Gasteiger partial charge in [-0.1, -0.05) is 0 Å². The number of nitriles is 1. The number of methoxy groups -OCH3 is 2. The zero-order valence-electron chi connectivity index (χ0n) is 8.39. The lowest BCUT2D eigenvalue weighted by molar-refractivity contribution is -0.139. The van der Waals surface area contributed by atoms with Crippen molar-refractivity contribution in [3.63, 3.8) is 0 Å². The second-order valence-electron chi connectivity index (χ2n) is 2.84. The van der Waals surface area contributed by atoms with Crippen molar-refractivity contribution in [3.8, 4) is 6.07 Å². The maximum atomic E-state index is 11.3. The number of esters is 2. The van der Waals surface area contributed by atoms with E-state index in [-0.39, 0.29) is 11.7 Å². The molecule has 80 valence electrons. The second-order valence-corrected chi connectivity index (χ2v) is 2.84. The molecule has 0 amide bonds. The lowest BCUT2D eigenvalue weighted by atomic mass is 10.4. The van der Waals surface area contributed by atoms with Crippen molar-refractivity contribution < 1.29 is 19.1 Å². The average Bonchev–Trinajstić information content (AvgIpc) is 3.03. The van der Waals surface area contributed by atoms with Crippen molar-refractivity contribution in [2.45, 2.75) is 6.04 Å². The van der Waals surface area contributed by atoms with Gasteiger partial charge in [0.05, 0.1) is 32.9 Å². The summed E-state index contributed by atoms with van der Waals surface area (Å²) >= 11 is 0. The normalized spacial score (nSPS) is 19.1. The zero-order chi connectivity index (χ0) is 11.4. The highest BCUT2D eigenvalue weighted by Crippen LogP contribution is 2.24. The minimum absolute atomic E-state index is 0.0518. The minimum atomic E-state index is -0.654. The molecule has 0 N–H and O–H groups in total. The first-order valence-corrected chi connectivity index (χ1v) is 4.18. The molecule has 6 heteroatoms. The molecule has 0 saturated carbocycles. The lowest BCUT2D eigenvalue weighted by Gasteiger charge is -2.05. The Morgan fingerprint density at radius 3 is 2.53 bits per heavy atom. The van der Waals surface area contributed by atoms with Gasteiger partial charge in [0.25, 0.3) is 0 Å². The van der Waals surface area contributed by atoms with Crippen LogP contribution in [-0.2, 0) is 19.1 Å². The van der Waals surface area contributed by atoms with E-state index in [0.717, 1.165) is 6.08 Å². The van der Waals surface area contributed by atoms with E-state index < -0.39 is 11.9 Å². The molecule has 0 aromatic carbocycles. The first-order valence-electron chi connectivity index (χ1n) is 4.18. The number of hydrogen-bond acceptors (Lipinski definition) is 6. The van der Waals surface area contributed by atoms with Crippen LogP contribution in [0.3, 0.4) is 0 Å². The molecule has 1 fully saturated rings. The van der Waals surface area contributed by atoms with Crippen molar-refractivity contribution in [2.75, 3.05) is 20.8 Å². The molecule has 1 saturated heterocycles. The van der Waals surface area contributed by atoms with Crippen LogP contribution in [0, 0.1) is 11.3 Å². The molecule has 0 aromatic rings. The predicted molar refractivity (Wildman–Crippen MR) is 48.2 cm³/mol. The molecule has 6 nitrogen and oxygen atoms in total. The summed E-state index contributed by atoms with van der Waals surface area (Å²) in [5.41, 5.74) is 0.0518. The number of rotatable bonds is 3. The minimum Gasteiger partial charge on any atom is -0.466 e. The van der Waals surface area contributed by atoms with Gasteiger partial charge in [-0.05, 0) is 0 Å². The maximum absolute atomic E-state index is 11.3. The van der Waals surface area contributed by atoms with E-state index in [2.05, 4.69) is 9.47 Å². The third-order valence-electron chi connectivity index (χ3n) is 1.92. The van der Waals surface area contributed by atoms with E-state index in [0.29, 0.717) is 6.54 Å². The smallest absolute Gasteiger partial charge is 0.354 e. The van der Waals surface area contributed by atoms with E-state index in [1.165, 1.54) is 19.1 Å². The van der Waals surface area contributed by atoms with Gasteiger partial charge in [0.15, 0.2) is 0 Å². The third kappa shape index (κ3) is 2.47. The topological polar surface area (TPSA) is 79.4 Å². The van der Waals surface area contributed by atoms with Crippen molar-refractivity contribution >= 4 is 11.9 Å². The number of carbonyl (C=O) groups is 2. The van der Waals surface area contributed by atoms with E-state index in [9.17, 15) is 9.59 Å². The monoisotopic (exact) mass is 210 g/mol. The maximum Gasteiger partial charge on any atom is 0.354 e. The highest BCUT2D eigenvalue weighted by molar-refractivity contribution is 5.96. The standard InChI is InChI=1S/C9H10N2O4/c1-14-8(12)3-7(9(13)15-2)11-5-6(11)4-10/h3,6H,5H2,1-2H3. The van der Waals surface area contributed by atoms with Gasteiger partial charge in [-0.3, -0.25) is 0 Å². The molecule has 15 heavy (non-hydrogen) atoms. The van der Waals surface area contributed by atoms with Gasteiger partial charge in [0.2, 0.25) is 0 Å². The summed E-state index contributed by atoms with van der Waals surface area (Å²) in [4.78, 5) is 23.7. The van der Waals surface area contributed by atoms with E-state index in [1.807, 2.05) is 6.07 Å². The van der Waals surface area contributed by atoms with Gasteiger partial charge >= 0.3 is 11.9 Å². The number of ether oxygens (including phenoxy) is 2. The summed E-state index contributed by atoms with van der Waals surface area (Å²) < 4.78 is 8.88. The van der Waals surface area contributed by atoms with E-state index in [4.69, 9.17) is 5.26 Å². The molecule has 1 rings (SSSR count). The average molecular weight is 210 g/mol. The van der Waals surface area contributed by atoms with Crippen LogP contribution in [0.4, 0.5) is 0 Å². The Balaban J connectivity index is 2.81. The molecular weight excluding hydrogens is 200 g/mol. The van der Waals surface area contributed by atoms with Crippen LogP contribution in [0.25, 0.3) is 0 Å². The van der Waals surface area contributed by atoms with Crippen LogP contribution in [0.15, 0.2) is 11.8 Å². The Morgan fingerprint density at radius 1 is 1.47 bits per heavy atom. The van der Waals surface area contributed by atoms with Crippen molar-refractivity contribution in [3.05, 3.63) is 11.8 Å². The Morgan fingerprint density at radius 2 is 2.13 bits per heavy atom. The zero-order valence-corrected chi connectivity index (χ0v) is 8.39. The highest BCUT2D eigenvalue weighted by atomic mass is 16.5. The molecule has 0 spiro atoms. The molecule has 1 unspecified atom stereocenters. The third-order valence-corrected chi connectivity index (χ3v) is 1.92. The molecule has 1 aliphatic rings. The molecule has 0 aromatic heterocycles. The Labute approximate surface area is 86.7 Å². The summed E-state index contributed by atoms with van der Waals surface area (Å²) in [5, 5.41) is 8.58. The fourth-order valence-corrected chi connectivity index (χ4v) is 1.05. The summed E-state index contributed by atoms with van der Waals surface area (Å²) in [5.74, 6) is -1.31. The first-order chi connectivity index (χ1) is 7.13. The first kappa shape index (κ1) is 11.0. The van der Waals surface area contributed by atoms with E-state index in [1.54, 1.807) is 0 Å². The molecule has 0 bridgehead atoms. The van der Waals surface area contributed by atoms with Crippen molar-refractivity contribution in [1.29, 1.82) is 5.26 Å². The van der Waals surface area contributed by atoms with Crippen LogP contribution in [0.1, 0.15) is 0 Å². The summed E-state index contributed by atoms with van der Waals surface area (Å²) in [6, 6.07) is 1.60. The predicted octanol–water partition coefficient (Wildman–Crippen LogP) is -0.576. The molecule has 1 aliphatic heterocycles. The van der Waals surface area contributed by atoms with Crippen LogP contribution in [0.5, 0.6) is 0 Å². The van der Waals surface area contributed by atoms with E-state index >= 15 is 0 Å². The number of carbonyl (C=O) groups excluding carboxylic acids is 2. The fourth-order valence-electron chi connectivity index (χ4n) is 1.05. The van der Waals surface area contributed by atoms with Crippen molar-refractivity contribution in [1.82, 2.24) is 4.90 Å². The summed E-state index contributed by atoms with van der Waals surface area (Å²) in [6.07, 6.45) is 1.02. The van der Waals surface area contributed by atoms with Gasteiger partial charge in [-0.15, -0.1) is 0 Å². The SMILES string of the molecule is COC(=O)C=C(C(=O)OC)N1CC1C#N. The Kier molecular flexibility index (Phi) is 3.29. The van der Waals surface area contributed by atoms with Gasteiger partial charge in [0, 0.05) is 0 Å².